The van der Waals surface area contributed by atoms with Crippen molar-refractivity contribution in [3.05, 3.63) is 60.3 Å². The fourth-order valence-corrected chi connectivity index (χ4v) is 4.41. The van der Waals surface area contributed by atoms with E-state index in [4.69, 9.17) is 4.98 Å². The molecular formula is C25H32N6O2. The summed E-state index contributed by atoms with van der Waals surface area (Å²) in [6, 6.07) is 10.1. The number of amides is 1. The van der Waals surface area contributed by atoms with E-state index in [0.717, 1.165) is 66.3 Å². The molecule has 1 saturated heterocycles. The molecule has 1 aliphatic rings. The molecule has 0 aliphatic carbocycles. The summed E-state index contributed by atoms with van der Waals surface area (Å²) in [4.78, 5) is 18.9. The number of fused-ring (bicyclic) bond motifs is 1. The molecule has 8 nitrogen and oxygen atoms in total. The summed E-state index contributed by atoms with van der Waals surface area (Å²) in [6.45, 7) is 7.29. The van der Waals surface area contributed by atoms with Gasteiger partial charge in [-0.25, -0.2) is 4.98 Å². The maximum Gasteiger partial charge on any atom is 0.247 e. The van der Waals surface area contributed by atoms with Crippen molar-refractivity contribution in [2.75, 3.05) is 28.7 Å². The smallest absolute Gasteiger partial charge is 0.247 e. The first kappa shape index (κ1) is 22.8. The summed E-state index contributed by atoms with van der Waals surface area (Å²) >= 11 is 0. The second-order valence-electron chi connectivity index (χ2n) is 8.36. The average molecular weight is 449 g/mol. The third-order valence-electron chi connectivity index (χ3n) is 6.15. The second-order valence-corrected chi connectivity index (χ2v) is 8.36. The highest BCUT2D eigenvalue weighted by Crippen LogP contribution is 2.29. The van der Waals surface area contributed by atoms with Gasteiger partial charge >= 0.3 is 0 Å². The summed E-state index contributed by atoms with van der Waals surface area (Å²) in [5, 5.41) is 20.4. The first-order valence-electron chi connectivity index (χ1n) is 11.6. The molecule has 1 aliphatic heterocycles. The molecule has 0 radical (unpaired) electrons. The number of carbonyl (C=O) groups is 1. The number of hydrogen-bond acceptors (Lipinski definition) is 6. The fourth-order valence-electron chi connectivity index (χ4n) is 4.41. The molecule has 8 heteroatoms. The minimum absolute atomic E-state index is 0.181. The Bertz CT molecular complexity index is 1120. The normalized spacial score (nSPS) is 16.1. The lowest BCUT2D eigenvalue weighted by molar-refractivity contribution is -0.111. The van der Waals surface area contributed by atoms with Crippen LogP contribution in [0.2, 0.25) is 0 Å². The van der Waals surface area contributed by atoms with Gasteiger partial charge in [0, 0.05) is 43.1 Å². The van der Waals surface area contributed by atoms with Gasteiger partial charge in [-0.05, 0) is 55.9 Å². The van der Waals surface area contributed by atoms with E-state index in [9.17, 15) is 9.90 Å². The molecule has 1 aromatic carbocycles. The molecular weight excluding hydrogens is 416 g/mol. The molecule has 174 valence electrons. The molecule has 1 fully saturated rings. The van der Waals surface area contributed by atoms with Gasteiger partial charge in [0.2, 0.25) is 5.91 Å². The zero-order valence-corrected chi connectivity index (χ0v) is 19.1. The maximum atomic E-state index is 11.6. The van der Waals surface area contributed by atoms with Gasteiger partial charge in [-0.2, -0.15) is 9.61 Å². The van der Waals surface area contributed by atoms with Crippen LogP contribution in [0.4, 0.5) is 17.3 Å². The van der Waals surface area contributed by atoms with Crippen molar-refractivity contribution in [2.45, 2.75) is 51.6 Å². The number of piperidine rings is 1. The van der Waals surface area contributed by atoms with Gasteiger partial charge < -0.3 is 20.6 Å². The van der Waals surface area contributed by atoms with Crippen molar-refractivity contribution in [1.82, 2.24) is 14.6 Å². The lowest BCUT2D eigenvalue weighted by atomic mass is 9.99. The maximum absolute atomic E-state index is 11.6. The lowest BCUT2D eigenvalue weighted by Crippen LogP contribution is -2.40. The van der Waals surface area contributed by atoms with Crippen molar-refractivity contribution in [3.63, 3.8) is 0 Å². The van der Waals surface area contributed by atoms with Crippen LogP contribution in [0.25, 0.3) is 5.65 Å². The Labute approximate surface area is 194 Å². The Balaban J connectivity index is 1.63. The van der Waals surface area contributed by atoms with Gasteiger partial charge in [0.15, 0.2) is 5.65 Å². The van der Waals surface area contributed by atoms with Crippen LogP contribution in [0, 0.1) is 0 Å². The molecule has 2 aromatic heterocycles. The van der Waals surface area contributed by atoms with E-state index >= 15 is 0 Å². The van der Waals surface area contributed by atoms with Crippen LogP contribution in [0.1, 0.15) is 43.7 Å². The Morgan fingerprint density at radius 2 is 2.21 bits per heavy atom. The van der Waals surface area contributed by atoms with Gasteiger partial charge in [-0.1, -0.05) is 25.6 Å². The van der Waals surface area contributed by atoms with E-state index in [-0.39, 0.29) is 12.5 Å². The first-order chi connectivity index (χ1) is 16.1. The third kappa shape index (κ3) is 5.17. The molecule has 3 N–H and O–H groups in total. The van der Waals surface area contributed by atoms with Crippen LogP contribution < -0.4 is 15.5 Å². The molecule has 0 bridgehead atoms. The number of benzene rings is 1. The summed E-state index contributed by atoms with van der Waals surface area (Å²) < 4.78 is 1.86. The van der Waals surface area contributed by atoms with E-state index in [1.807, 2.05) is 35.0 Å². The Morgan fingerprint density at radius 1 is 1.33 bits per heavy atom. The van der Waals surface area contributed by atoms with Crippen LogP contribution in [0.15, 0.2) is 49.2 Å². The number of hydrogen-bond donors (Lipinski definition) is 3. The predicted octanol–water partition coefficient (Wildman–Crippen LogP) is 3.77. The first-order valence-corrected chi connectivity index (χ1v) is 11.6. The number of anilines is 3. The summed E-state index contributed by atoms with van der Waals surface area (Å²) in [6.07, 6.45) is 8.11. The van der Waals surface area contributed by atoms with Gasteiger partial charge in [0.05, 0.1) is 6.20 Å². The Kier molecular flexibility index (Phi) is 7.24. The number of aryl methyl sites for hydroxylation is 1. The third-order valence-corrected chi connectivity index (χ3v) is 6.15. The molecule has 1 unspecified atom stereocenters. The monoisotopic (exact) mass is 448 g/mol. The molecule has 1 amide bonds. The molecule has 4 rings (SSSR count). The van der Waals surface area contributed by atoms with Crippen LogP contribution in [-0.2, 0) is 17.8 Å². The van der Waals surface area contributed by atoms with E-state index < -0.39 is 0 Å². The summed E-state index contributed by atoms with van der Waals surface area (Å²) in [5.74, 6) is 1.55. The van der Waals surface area contributed by atoms with Gasteiger partial charge in [0.1, 0.15) is 11.6 Å². The van der Waals surface area contributed by atoms with E-state index in [2.05, 4.69) is 40.2 Å². The lowest BCUT2D eigenvalue weighted by Gasteiger charge is -2.36. The van der Waals surface area contributed by atoms with E-state index in [1.165, 1.54) is 12.5 Å². The number of aliphatic hydroxyl groups excluding tert-OH is 1. The Morgan fingerprint density at radius 3 is 3.00 bits per heavy atom. The predicted molar refractivity (Wildman–Crippen MR) is 132 cm³/mol. The highest BCUT2D eigenvalue weighted by molar-refractivity contribution is 5.98. The van der Waals surface area contributed by atoms with Gasteiger partial charge in [0.25, 0.3) is 0 Å². The van der Waals surface area contributed by atoms with Crippen molar-refractivity contribution in [1.29, 1.82) is 0 Å². The van der Waals surface area contributed by atoms with Crippen molar-refractivity contribution in [2.24, 2.45) is 0 Å². The highest BCUT2D eigenvalue weighted by atomic mass is 16.3. The summed E-state index contributed by atoms with van der Waals surface area (Å²) in [5.41, 5.74) is 3.72. The molecule has 1 atom stereocenters. The Hall–Kier alpha value is -3.39. The van der Waals surface area contributed by atoms with Crippen LogP contribution in [0.5, 0.6) is 0 Å². The minimum Gasteiger partial charge on any atom is -0.396 e. The van der Waals surface area contributed by atoms with Crippen LogP contribution in [-0.4, -0.2) is 44.8 Å². The highest BCUT2D eigenvalue weighted by Gasteiger charge is 2.24. The number of nitrogens with zero attached hydrogens (tertiary/aromatic N) is 4. The van der Waals surface area contributed by atoms with Crippen LogP contribution >= 0.6 is 0 Å². The minimum atomic E-state index is -0.233. The van der Waals surface area contributed by atoms with E-state index in [1.54, 1.807) is 0 Å². The van der Waals surface area contributed by atoms with Gasteiger partial charge in [-0.3, -0.25) is 4.79 Å². The second kappa shape index (κ2) is 10.5. The van der Waals surface area contributed by atoms with Gasteiger partial charge in [-0.15, -0.1) is 0 Å². The molecule has 3 aromatic rings. The number of rotatable bonds is 9. The fraction of sp³-hybridized carbons (Fsp3) is 0.400. The molecule has 0 saturated carbocycles. The summed E-state index contributed by atoms with van der Waals surface area (Å²) in [7, 11) is 0. The SMILES string of the molecule is C=CC(=O)Nc1cccc(CNc2cc(N3CCCCC3CCO)nc3c(CC)cnn23)c1. The van der Waals surface area contributed by atoms with Crippen molar-refractivity contribution >= 4 is 28.9 Å². The van der Waals surface area contributed by atoms with E-state index in [0.29, 0.717) is 12.6 Å². The number of carbonyl (C=O) groups excluding carboxylic acids is 1. The standard InChI is InChI=1S/C25H32N6O2/c1-3-19-17-27-31-22(26-16-18-8-7-9-20(14-18)28-24(33)4-2)15-23(29-25(19)31)30-12-6-5-10-21(30)11-13-32/h4,7-9,14-15,17,21,26,32H,2-3,5-6,10-13,16H2,1H3,(H,28,33). The van der Waals surface area contributed by atoms with Crippen LogP contribution in [0.3, 0.4) is 0 Å². The van der Waals surface area contributed by atoms with Crippen molar-refractivity contribution in [3.8, 4) is 0 Å². The number of aliphatic hydroxyl groups is 1. The number of aromatic nitrogens is 3. The van der Waals surface area contributed by atoms with Crippen molar-refractivity contribution < 1.29 is 9.90 Å². The molecule has 33 heavy (non-hydrogen) atoms. The zero-order valence-electron chi connectivity index (χ0n) is 19.1. The quantitative estimate of drug-likeness (QED) is 0.432. The molecule has 0 spiro atoms. The average Bonchev–Trinajstić information content (AvgIpc) is 3.26. The largest absolute Gasteiger partial charge is 0.396 e. The number of nitrogens with one attached hydrogen (secondary N) is 2. The topological polar surface area (TPSA) is 94.8 Å². The zero-order chi connectivity index (χ0) is 23.2. The molecule has 3 heterocycles.